The van der Waals surface area contributed by atoms with Crippen molar-refractivity contribution in [1.82, 2.24) is 14.8 Å². The van der Waals surface area contributed by atoms with Gasteiger partial charge in [-0.3, -0.25) is 0 Å². The van der Waals surface area contributed by atoms with Crippen LogP contribution in [0, 0.1) is 0 Å². The molecule has 0 spiro atoms. The van der Waals surface area contributed by atoms with Crippen molar-refractivity contribution in [2.45, 2.75) is 46.0 Å². The lowest BCUT2D eigenvalue weighted by molar-refractivity contribution is 0.0683. The third-order valence-electron chi connectivity index (χ3n) is 3.27. The van der Waals surface area contributed by atoms with Crippen molar-refractivity contribution in [2.75, 3.05) is 0 Å². The molecule has 0 radical (unpaired) electrons. The van der Waals surface area contributed by atoms with E-state index in [1.54, 1.807) is 4.68 Å². The summed E-state index contributed by atoms with van der Waals surface area (Å²) in [5.41, 5.74) is 1.76. The minimum Gasteiger partial charge on any atom is -0.475 e. The van der Waals surface area contributed by atoms with E-state index in [0.29, 0.717) is 11.7 Å². The van der Waals surface area contributed by atoms with Gasteiger partial charge in [-0.2, -0.15) is 0 Å². The number of hydrogen-bond donors (Lipinski definition) is 1. The highest BCUT2D eigenvalue weighted by atomic mass is 16.4. The van der Waals surface area contributed by atoms with Crippen LogP contribution in [0.1, 0.15) is 62.5 Å². The Morgan fingerprint density at radius 1 is 1.19 bits per heavy atom. The normalized spacial score (nSPS) is 11.9. The van der Waals surface area contributed by atoms with Gasteiger partial charge in [0, 0.05) is 5.41 Å². The Morgan fingerprint density at radius 2 is 1.76 bits per heavy atom. The maximum Gasteiger partial charge on any atom is 0.375 e. The molecule has 0 bridgehead atoms. The van der Waals surface area contributed by atoms with Crippen LogP contribution in [0.2, 0.25) is 0 Å². The number of hydrogen-bond acceptors (Lipinski definition) is 3. The predicted molar refractivity (Wildman–Crippen MR) is 81.1 cm³/mol. The number of carbonyl (C=O) groups is 1. The molecule has 0 unspecified atom stereocenters. The molecule has 2 aromatic rings. The number of aromatic carboxylic acids is 1. The second-order valence-corrected chi connectivity index (χ2v) is 6.47. The third-order valence-corrected chi connectivity index (χ3v) is 3.27. The van der Waals surface area contributed by atoms with E-state index in [-0.39, 0.29) is 11.2 Å². The van der Waals surface area contributed by atoms with Crippen LogP contribution in [0.5, 0.6) is 0 Å². The molecule has 21 heavy (non-hydrogen) atoms. The molecule has 0 saturated heterocycles. The number of aromatic nitrogens is 3. The largest absolute Gasteiger partial charge is 0.475 e. The van der Waals surface area contributed by atoms with Crippen LogP contribution in [0.15, 0.2) is 24.3 Å². The van der Waals surface area contributed by atoms with E-state index in [9.17, 15) is 4.79 Å². The van der Waals surface area contributed by atoms with Gasteiger partial charge in [0.2, 0.25) is 0 Å². The van der Waals surface area contributed by atoms with Gasteiger partial charge in [-0.05, 0) is 23.6 Å². The Morgan fingerprint density at radius 3 is 2.19 bits per heavy atom. The Labute approximate surface area is 124 Å². The summed E-state index contributed by atoms with van der Waals surface area (Å²) in [6, 6.07) is 7.97. The summed E-state index contributed by atoms with van der Waals surface area (Å²) in [6.45, 7) is 10.2. The highest BCUT2D eigenvalue weighted by Crippen LogP contribution is 2.24. The lowest BCUT2D eigenvalue weighted by atomic mass is 9.95. The first-order valence-electron chi connectivity index (χ1n) is 7.01. The molecule has 0 saturated carbocycles. The SMILES string of the molecule is CC(C)c1ccc(-n2nc(C(=O)O)nc2C(C)(C)C)cc1. The molecule has 0 atom stereocenters. The zero-order chi connectivity index (χ0) is 15.8. The van der Waals surface area contributed by atoms with Gasteiger partial charge in [0.15, 0.2) is 0 Å². The van der Waals surface area contributed by atoms with Gasteiger partial charge in [-0.15, -0.1) is 5.10 Å². The monoisotopic (exact) mass is 287 g/mol. The quantitative estimate of drug-likeness (QED) is 0.939. The van der Waals surface area contributed by atoms with Crippen LogP contribution in [-0.4, -0.2) is 25.8 Å². The fraction of sp³-hybridized carbons (Fsp3) is 0.438. The van der Waals surface area contributed by atoms with Gasteiger partial charge < -0.3 is 5.11 Å². The molecule has 112 valence electrons. The summed E-state index contributed by atoms with van der Waals surface area (Å²) in [7, 11) is 0. The van der Waals surface area contributed by atoms with Crippen molar-refractivity contribution in [3.05, 3.63) is 41.5 Å². The number of benzene rings is 1. The number of nitrogens with zero attached hydrogens (tertiary/aromatic N) is 3. The average Bonchev–Trinajstić information content (AvgIpc) is 2.84. The minimum atomic E-state index is -1.11. The topological polar surface area (TPSA) is 68.0 Å². The predicted octanol–water partition coefficient (Wildman–Crippen LogP) is 3.39. The van der Waals surface area contributed by atoms with E-state index in [1.807, 2.05) is 45.0 Å². The standard InChI is InChI=1S/C16H21N3O2/c1-10(2)11-6-8-12(9-7-11)19-15(16(3,4)5)17-13(18-19)14(20)21/h6-10H,1-5H3,(H,20,21). The molecular formula is C16H21N3O2. The molecule has 1 aromatic carbocycles. The van der Waals surface area contributed by atoms with Crippen LogP contribution in [0.3, 0.4) is 0 Å². The first kappa shape index (κ1) is 15.2. The maximum atomic E-state index is 11.1. The molecule has 0 aliphatic rings. The maximum absolute atomic E-state index is 11.1. The van der Waals surface area contributed by atoms with Crippen LogP contribution >= 0.6 is 0 Å². The second-order valence-electron chi connectivity index (χ2n) is 6.47. The van der Waals surface area contributed by atoms with E-state index < -0.39 is 5.97 Å². The molecule has 5 nitrogen and oxygen atoms in total. The van der Waals surface area contributed by atoms with Crippen molar-refractivity contribution < 1.29 is 9.90 Å². The minimum absolute atomic E-state index is 0.173. The summed E-state index contributed by atoms with van der Waals surface area (Å²) < 4.78 is 1.62. The lowest BCUT2D eigenvalue weighted by Crippen LogP contribution is -2.18. The van der Waals surface area contributed by atoms with Gasteiger partial charge in [0.1, 0.15) is 5.82 Å². The smallest absolute Gasteiger partial charge is 0.375 e. The van der Waals surface area contributed by atoms with E-state index in [4.69, 9.17) is 5.11 Å². The zero-order valence-electron chi connectivity index (χ0n) is 13.1. The van der Waals surface area contributed by atoms with E-state index in [0.717, 1.165) is 5.69 Å². The molecule has 1 N–H and O–H groups in total. The van der Waals surface area contributed by atoms with Crippen molar-refractivity contribution >= 4 is 5.97 Å². The molecule has 0 fully saturated rings. The summed E-state index contributed by atoms with van der Waals surface area (Å²) in [5.74, 6) is -0.199. The third kappa shape index (κ3) is 3.12. The zero-order valence-corrected chi connectivity index (χ0v) is 13.1. The first-order valence-corrected chi connectivity index (χ1v) is 7.01. The lowest BCUT2D eigenvalue weighted by Gasteiger charge is -2.18. The molecule has 0 aliphatic carbocycles. The Balaban J connectivity index is 2.54. The molecule has 0 aliphatic heterocycles. The van der Waals surface area contributed by atoms with Crippen molar-refractivity contribution in [1.29, 1.82) is 0 Å². The van der Waals surface area contributed by atoms with Crippen molar-refractivity contribution in [2.24, 2.45) is 0 Å². The Hall–Kier alpha value is -2.17. The Kier molecular flexibility index (Phi) is 3.85. The summed E-state index contributed by atoms with van der Waals surface area (Å²) in [4.78, 5) is 15.3. The van der Waals surface area contributed by atoms with Gasteiger partial charge in [-0.25, -0.2) is 14.5 Å². The fourth-order valence-corrected chi connectivity index (χ4v) is 2.07. The molecular weight excluding hydrogens is 266 g/mol. The van der Waals surface area contributed by atoms with Crippen LogP contribution < -0.4 is 0 Å². The number of rotatable bonds is 3. The fourth-order valence-electron chi connectivity index (χ4n) is 2.07. The van der Waals surface area contributed by atoms with Crippen molar-refractivity contribution in [3.63, 3.8) is 0 Å². The van der Waals surface area contributed by atoms with Gasteiger partial charge in [0.25, 0.3) is 5.82 Å². The highest BCUT2D eigenvalue weighted by molar-refractivity contribution is 5.83. The molecule has 1 aromatic heterocycles. The van der Waals surface area contributed by atoms with Crippen LogP contribution in [-0.2, 0) is 5.41 Å². The average molecular weight is 287 g/mol. The van der Waals surface area contributed by atoms with Gasteiger partial charge >= 0.3 is 5.97 Å². The number of carboxylic acids is 1. The van der Waals surface area contributed by atoms with E-state index in [2.05, 4.69) is 23.9 Å². The highest BCUT2D eigenvalue weighted by Gasteiger charge is 2.25. The number of carboxylic acid groups (broad SMARTS) is 1. The summed E-state index contributed by atoms with van der Waals surface area (Å²) in [5, 5.41) is 13.2. The Bertz CT molecular complexity index is 649. The van der Waals surface area contributed by atoms with E-state index in [1.165, 1.54) is 5.56 Å². The van der Waals surface area contributed by atoms with Crippen LogP contribution in [0.25, 0.3) is 5.69 Å². The van der Waals surface area contributed by atoms with Gasteiger partial charge in [0.05, 0.1) is 5.69 Å². The second kappa shape index (κ2) is 5.31. The van der Waals surface area contributed by atoms with Crippen molar-refractivity contribution in [3.8, 4) is 5.69 Å². The summed E-state index contributed by atoms with van der Waals surface area (Å²) >= 11 is 0. The van der Waals surface area contributed by atoms with E-state index >= 15 is 0 Å². The first-order chi connectivity index (χ1) is 9.70. The molecule has 0 amide bonds. The molecule has 1 heterocycles. The molecule has 2 rings (SSSR count). The summed E-state index contributed by atoms with van der Waals surface area (Å²) in [6.07, 6.45) is 0. The van der Waals surface area contributed by atoms with Crippen LogP contribution in [0.4, 0.5) is 0 Å². The molecule has 5 heteroatoms. The van der Waals surface area contributed by atoms with Gasteiger partial charge in [-0.1, -0.05) is 46.8 Å².